The number of aldehydes is 1. The molecule has 4 N–H and O–H groups in total. The summed E-state index contributed by atoms with van der Waals surface area (Å²) in [7, 11) is 0. The number of carbonyl (C=O) groups is 2. The van der Waals surface area contributed by atoms with E-state index in [1.807, 2.05) is 0 Å². The Bertz CT molecular complexity index is 708. The highest BCUT2D eigenvalue weighted by molar-refractivity contribution is 5.81. The smallest absolute Gasteiger partial charge is 0.223 e. The molecule has 1 unspecified atom stereocenters. The summed E-state index contributed by atoms with van der Waals surface area (Å²) in [5.41, 5.74) is 0. The minimum absolute atomic E-state index is 0.119. The molecule has 278 valence electrons. The van der Waals surface area contributed by atoms with Gasteiger partial charge in [0, 0.05) is 5.92 Å². The summed E-state index contributed by atoms with van der Waals surface area (Å²) in [6.45, 7) is 5.80. The van der Waals surface area contributed by atoms with Gasteiger partial charge in [-0.15, -0.1) is 0 Å². The first-order valence-electron chi connectivity index (χ1n) is 19.9. The highest BCUT2D eigenvalue weighted by Gasteiger charge is 2.45. The second-order valence-corrected chi connectivity index (χ2v) is 14.3. The zero-order valence-electron chi connectivity index (χ0n) is 30.7. The lowest BCUT2D eigenvalue weighted by Crippen LogP contribution is -2.44. The zero-order chi connectivity index (χ0) is 34.5. The third-order valence-corrected chi connectivity index (χ3v) is 9.85. The lowest BCUT2D eigenvalue weighted by molar-refractivity contribution is -0.179. The second kappa shape index (κ2) is 29.8. The van der Waals surface area contributed by atoms with Gasteiger partial charge in [-0.25, -0.2) is 0 Å². The normalized spacial score (nSPS) is 20.9. The fourth-order valence-corrected chi connectivity index (χ4v) is 6.69. The van der Waals surface area contributed by atoms with Gasteiger partial charge in [0.15, 0.2) is 6.29 Å². The Morgan fingerprint density at radius 3 is 1.40 bits per heavy atom. The van der Waals surface area contributed by atoms with Crippen LogP contribution in [0.5, 0.6) is 0 Å². The van der Waals surface area contributed by atoms with Crippen molar-refractivity contribution >= 4 is 12.2 Å². The quantitative estimate of drug-likeness (QED) is 0.0409. The maximum atomic E-state index is 13.4. The first-order chi connectivity index (χ1) is 22.8. The van der Waals surface area contributed by atoms with E-state index in [0.717, 1.165) is 38.5 Å². The van der Waals surface area contributed by atoms with Crippen LogP contribution < -0.4 is 5.32 Å². The van der Waals surface area contributed by atoms with Crippen LogP contribution in [-0.2, 0) is 19.1 Å². The monoisotopic (exact) mass is 670 g/mol. The van der Waals surface area contributed by atoms with E-state index >= 15 is 0 Å². The second-order valence-electron chi connectivity index (χ2n) is 14.3. The molecule has 0 saturated carbocycles. The van der Waals surface area contributed by atoms with E-state index < -0.39 is 36.7 Å². The molecule has 0 spiro atoms. The molecule has 6 atom stereocenters. The minimum Gasteiger partial charge on any atom is -0.391 e. The van der Waals surface area contributed by atoms with E-state index in [-0.39, 0.29) is 18.4 Å². The predicted molar refractivity (Wildman–Crippen MR) is 191 cm³/mol. The summed E-state index contributed by atoms with van der Waals surface area (Å²) in [4.78, 5) is 25.2. The number of carbonyl (C=O) groups excluding carboxylic acids is 2. The molecular weight excluding hydrogens is 594 g/mol. The Kier molecular flexibility index (Phi) is 27.9. The Morgan fingerprint density at radius 2 is 1.06 bits per heavy atom. The fourth-order valence-electron chi connectivity index (χ4n) is 6.69. The van der Waals surface area contributed by atoms with E-state index in [9.17, 15) is 24.9 Å². The van der Waals surface area contributed by atoms with Crippen LogP contribution in [0.3, 0.4) is 0 Å². The molecule has 0 aromatic heterocycles. The summed E-state index contributed by atoms with van der Waals surface area (Å²) in [6, 6.07) is -0.882. The molecule has 1 saturated heterocycles. The lowest BCUT2D eigenvalue weighted by atomic mass is 9.93. The summed E-state index contributed by atoms with van der Waals surface area (Å²) in [6.07, 6.45) is 27.2. The third kappa shape index (κ3) is 21.6. The molecule has 47 heavy (non-hydrogen) atoms. The largest absolute Gasteiger partial charge is 0.391 e. The van der Waals surface area contributed by atoms with Gasteiger partial charge in [-0.1, -0.05) is 168 Å². The summed E-state index contributed by atoms with van der Waals surface area (Å²) in [5.74, 6) is -0.259. The molecule has 1 fully saturated rings. The van der Waals surface area contributed by atoms with Crippen molar-refractivity contribution < 1.29 is 34.4 Å². The van der Waals surface area contributed by atoms with Gasteiger partial charge in [-0.05, 0) is 19.8 Å². The molecule has 0 aromatic rings. The van der Waals surface area contributed by atoms with Crippen LogP contribution >= 0.6 is 0 Å². The molecule has 0 aromatic carbocycles. The van der Waals surface area contributed by atoms with Gasteiger partial charge in [0.1, 0.15) is 30.6 Å². The van der Waals surface area contributed by atoms with E-state index in [4.69, 9.17) is 9.47 Å². The lowest BCUT2D eigenvalue weighted by Gasteiger charge is -2.22. The molecule has 1 amide bonds. The average molecular weight is 670 g/mol. The van der Waals surface area contributed by atoms with Gasteiger partial charge in [0.25, 0.3) is 0 Å². The van der Waals surface area contributed by atoms with E-state index in [2.05, 4.69) is 19.2 Å². The topological polar surface area (TPSA) is 125 Å². The van der Waals surface area contributed by atoms with Gasteiger partial charge in [-0.2, -0.15) is 0 Å². The van der Waals surface area contributed by atoms with Crippen molar-refractivity contribution in [2.45, 2.75) is 224 Å². The minimum atomic E-state index is -1.35. The van der Waals surface area contributed by atoms with Crippen molar-refractivity contribution in [2.75, 3.05) is 6.61 Å². The number of aliphatic hydroxyl groups is 3. The number of rotatable bonds is 33. The highest BCUT2D eigenvalue weighted by Crippen LogP contribution is 2.25. The van der Waals surface area contributed by atoms with E-state index in [1.165, 1.54) is 135 Å². The zero-order valence-corrected chi connectivity index (χ0v) is 30.7. The van der Waals surface area contributed by atoms with Crippen LogP contribution in [0.15, 0.2) is 0 Å². The Labute approximate surface area is 288 Å². The first kappa shape index (κ1) is 44.0. The van der Waals surface area contributed by atoms with Crippen molar-refractivity contribution in [3.63, 3.8) is 0 Å². The third-order valence-electron chi connectivity index (χ3n) is 9.85. The summed E-state index contributed by atoms with van der Waals surface area (Å²) < 4.78 is 11.0. The Morgan fingerprint density at radius 1 is 0.681 bits per heavy atom. The molecule has 1 aliphatic heterocycles. The van der Waals surface area contributed by atoms with Crippen LogP contribution in [0.4, 0.5) is 0 Å². The number of nitrogens with one attached hydrogen (secondary N) is 1. The maximum absolute atomic E-state index is 13.4. The Balaban J connectivity index is 2.43. The van der Waals surface area contributed by atoms with Crippen LogP contribution in [-0.4, -0.2) is 70.9 Å². The van der Waals surface area contributed by atoms with Gasteiger partial charge in [0.2, 0.25) is 5.91 Å². The van der Waals surface area contributed by atoms with Crippen molar-refractivity contribution in [3.8, 4) is 0 Å². The van der Waals surface area contributed by atoms with Gasteiger partial charge >= 0.3 is 0 Å². The standard InChI is InChI=1S/C39H75NO7/c1-4-6-8-10-12-14-16-18-20-22-24-26-28-33(29-27-25-23-21-19-17-15-13-11-9-7-5-2)38(45)40-34(30-41)31-46-39-36(44)35(43)37(47-39)32(3)42/h30,32-37,39,42-44H,4-29,31H2,1-3H3,(H,40,45)/t32-,34+,35-,36-,37+,39?/m0/s1. The van der Waals surface area contributed by atoms with Crippen LogP contribution in [0, 0.1) is 5.92 Å². The number of hydrogen-bond acceptors (Lipinski definition) is 7. The van der Waals surface area contributed by atoms with E-state index in [1.54, 1.807) is 0 Å². The van der Waals surface area contributed by atoms with Crippen molar-refractivity contribution in [3.05, 3.63) is 0 Å². The average Bonchev–Trinajstić information content (AvgIpc) is 3.35. The molecule has 0 radical (unpaired) electrons. The van der Waals surface area contributed by atoms with Crippen LogP contribution in [0.1, 0.15) is 188 Å². The molecule has 0 bridgehead atoms. The molecular formula is C39H75NO7. The molecule has 0 aliphatic carbocycles. The predicted octanol–water partition coefficient (Wildman–Crippen LogP) is 8.31. The van der Waals surface area contributed by atoms with E-state index in [0.29, 0.717) is 6.29 Å². The highest BCUT2D eigenvalue weighted by atomic mass is 16.7. The molecule has 1 rings (SSSR count). The van der Waals surface area contributed by atoms with Crippen LogP contribution in [0.25, 0.3) is 0 Å². The number of unbranched alkanes of at least 4 members (excludes halogenated alkanes) is 22. The van der Waals surface area contributed by atoms with Crippen molar-refractivity contribution in [1.82, 2.24) is 5.32 Å². The molecule has 8 heteroatoms. The van der Waals surface area contributed by atoms with Crippen molar-refractivity contribution in [2.24, 2.45) is 5.92 Å². The number of ether oxygens (including phenoxy) is 2. The number of hydrogen-bond donors (Lipinski definition) is 4. The molecule has 1 aliphatic rings. The molecule has 1 heterocycles. The fraction of sp³-hybridized carbons (Fsp3) is 0.949. The van der Waals surface area contributed by atoms with Gasteiger partial charge in [-0.3, -0.25) is 4.79 Å². The Hall–Kier alpha value is -1.06. The number of aliphatic hydroxyl groups excluding tert-OH is 3. The SMILES string of the molecule is CCCCCCCCCCCCCCC(CCCCCCCCCCCCCC)C(=O)N[C@H](C=O)COC1O[C@H]([C@H](C)O)[C@@H](O)[C@@H]1O. The summed E-state index contributed by atoms with van der Waals surface area (Å²) in [5, 5.41) is 33.0. The first-order valence-corrected chi connectivity index (χ1v) is 19.9. The van der Waals surface area contributed by atoms with Crippen molar-refractivity contribution in [1.29, 1.82) is 0 Å². The van der Waals surface area contributed by atoms with Gasteiger partial charge in [0.05, 0.1) is 12.7 Å². The van der Waals surface area contributed by atoms with Gasteiger partial charge < -0.3 is 34.9 Å². The maximum Gasteiger partial charge on any atom is 0.223 e. The molecule has 8 nitrogen and oxygen atoms in total. The number of amides is 1. The summed E-state index contributed by atoms with van der Waals surface area (Å²) >= 11 is 0. The van der Waals surface area contributed by atoms with Crippen LogP contribution in [0.2, 0.25) is 0 Å².